The maximum atomic E-state index is 13.6. The molecule has 1 heterocycles. The lowest BCUT2D eigenvalue weighted by molar-refractivity contribution is -0.247. The van der Waals surface area contributed by atoms with Crippen LogP contribution in [0.15, 0.2) is 77.7 Å². The Balaban J connectivity index is 1.48. The van der Waals surface area contributed by atoms with Crippen LogP contribution in [0, 0.1) is 6.92 Å². The highest BCUT2D eigenvalue weighted by Gasteiger charge is 2.37. The number of halogens is 3. The van der Waals surface area contributed by atoms with Gasteiger partial charge < -0.3 is 20.1 Å². The van der Waals surface area contributed by atoms with Crippen LogP contribution in [0.3, 0.4) is 0 Å². The van der Waals surface area contributed by atoms with Crippen LogP contribution in [0.25, 0.3) is 0 Å². The average molecular weight is 605 g/mol. The first-order valence-corrected chi connectivity index (χ1v) is 15.4. The van der Waals surface area contributed by atoms with E-state index in [1.165, 1.54) is 12.1 Å². The topological polar surface area (TPSA) is 95.9 Å². The predicted molar refractivity (Wildman–Crippen MR) is 154 cm³/mol. The lowest BCUT2D eigenvalue weighted by Gasteiger charge is -2.28. The molecule has 0 saturated carbocycles. The van der Waals surface area contributed by atoms with Crippen molar-refractivity contribution >= 4 is 21.4 Å². The number of alkyl halides is 3. The molecule has 11 heteroatoms. The van der Waals surface area contributed by atoms with Crippen molar-refractivity contribution in [1.82, 2.24) is 5.32 Å². The summed E-state index contributed by atoms with van der Waals surface area (Å²) in [5.74, 6) is -0.442. The fraction of sp³-hybridized carbons (Fsp3) is 0.387. The lowest BCUT2D eigenvalue weighted by atomic mass is 9.96. The summed E-state index contributed by atoms with van der Waals surface area (Å²) in [5.41, 5.74) is 3.73. The highest BCUT2D eigenvalue weighted by Crippen LogP contribution is 2.36. The molecule has 0 radical (unpaired) electrons. The number of aliphatic hydroxyl groups is 1. The van der Waals surface area contributed by atoms with Crippen LogP contribution >= 0.6 is 0 Å². The molecule has 3 aromatic carbocycles. The molecule has 1 amide bonds. The number of ether oxygens (including phenoxy) is 1. The molecule has 7 nitrogen and oxygen atoms in total. The van der Waals surface area contributed by atoms with Gasteiger partial charge in [-0.25, -0.2) is 12.8 Å². The van der Waals surface area contributed by atoms with Gasteiger partial charge in [0.1, 0.15) is 0 Å². The first-order valence-electron chi connectivity index (χ1n) is 13.7. The largest absolute Gasteiger partial charge is 0.394 e. The maximum Gasteiger partial charge on any atom is 0.384 e. The number of rotatable bonds is 12. The van der Waals surface area contributed by atoms with Crippen LogP contribution < -0.4 is 10.2 Å². The molecule has 1 aliphatic rings. The number of hydrogen-bond donors (Lipinski definition) is 2. The molecule has 1 fully saturated rings. The van der Waals surface area contributed by atoms with Crippen molar-refractivity contribution in [2.45, 2.75) is 49.3 Å². The number of sulfone groups is 1. The normalized spacial score (nSPS) is 18.2. The number of nitrogens with one attached hydrogen (secondary N) is 1. The molecule has 3 aromatic rings. The van der Waals surface area contributed by atoms with E-state index in [0.29, 0.717) is 29.8 Å². The van der Waals surface area contributed by atoms with Crippen molar-refractivity contribution in [2.24, 2.45) is 0 Å². The zero-order valence-electron chi connectivity index (χ0n) is 23.5. The standard InChI is InChI=1S/C31H35F3N2O5S/c1-3-42(39,40)28-14-10-23(11-15-28)29(18-37)35-30(38)24-8-12-26(13-9-24)36-17-25(22-6-4-21(2)5-7-22)16-27(36)19-41-31(33,34)20-32/h4-15,25,27,29,37H,3,16-20H2,1-2H3,(H,35,38)/t25?,27-,29-/m0/s1. The van der Waals surface area contributed by atoms with Crippen LogP contribution in [0.1, 0.15) is 52.4 Å². The summed E-state index contributed by atoms with van der Waals surface area (Å²) >= 11 is 0. The quantitative estimate of drug-likeness (QED) is 0.295. The fourth-order valence-electron chi connectivity index (χ4n) is 5.08. The van der Waals surface area contributed by atoms with Gasteiger partial charge in [0.25, 0.3) is 5.91 Å². The number of aryl methyl sites for hydroxylation is 1. The summed E-state index contributed by atoms with van der Waals surface area (Å²) in [6.45, 7) is 1.40. The van der Waals surface area contributed by atoms with Crippen molar-refractivity contribution in [3.63, 3.8) is 0 Å². The zero-order chi connectivity index (χ0) is 30.5. The molecular weight excluding hydrogens is 569 g/mol. The van der Waals surface area contributed by atoms with Crippen molar-refractivity contribution in [3.05, 3.63) is 95.1 Å². The van der Waals surface area contributed by atoms with Gasteiger partial charge in [-0.2, -0.15) is 8.78 Å². The molecule has 0 bridgehead atoms. The Kier molecular flexibility index (Phi) is 9.96. The lowest BCUT2D eigenvalue weighted by Crippen LogP contribution is -2.37. The summed E-state index contributed by atoms with van der Waals surface area (Å²) < 4.78 is 68.7. The number of hydrogen-bond acceptors (Lipinski definition) is 6. The second-order valence-corrected chi connectivity index (χ2v) is 12.7. The number of aliphatic hydroxyl groups excluding tert-OH is 1. The molecule has 1 unspecified atom stereocenters. The Hall–Kier alpha value is -3.41. The third kappa shape index (κ3) is 7.50. The van der Waals surface area contributed by atoms with E-state index >= 15 is 0 Å². The number of amides is 1. The van der Waals surface area contributed by atoms with E-state index < -0.39 is 47.2 Å². The van der Waals surface area contributed by atoms with Gasteiger partial charge >= 0.3 is 6.11 Å². The van der Waals surface area contributed by atoms with E-state index in [4.69, 9.17) is 0 Å². The molecule has 42 heavy (non-hydrogen) atoms. The molecular formula is C31H35F3N2O5S. The van der Waals surface area contributed by atoms with E-state index in [-0.39, 0.29) is 23.2 Å². The highest BCUT2D eigenvalue weighted by molar-refractivity contribution is 7.91. The van der Waals surface area contributed by atoms with E-state index in [1.54, 1.807) is 43.3 Å². The predicted octanol–water partition coefficient (Wildman–Crippen LogP) is 5.19. The van der Waals surface area contributed by atoms with Crippen LogP contribution in [0.2, 0.25) is 0 Å². The molecule has 3 atom stereocenters. The van der Waals surface area contributed by atoms with Gasteiger partial charge in [0.2, 0.25) is 0 Å². The molecule has 1 aliphatic heterocycles. The highest BCUT2D eigenvalue weighted by atomic mass is 32.2. The second-order valence-electron chi connectivity index (χ2n) is 10.5. The number of benzene rings is 3. The number of nitrogens with zero attached hydrogens (tertiary/aromatic N) is 1. The van der Waals surface area contributed by atoms with Crippen molar-refractivity contribution in [1.29, 1.82) is 0 Å². The Bertz CT molecular complexity index is 1450. The van der Waals surface area contributed by atoms with Gasteiger partial charge in [-0.05, 0) is 60.9 Å². The Morgan fingerprint density at radius 2 is 1.71 bits per heavy atom. The summed E-state index contributed by atoms with van der Waals surface area (Å²) in [6, 6.07) is 19.4. The first kappa shape index (κ1) is 31.5. The number of carbonyl (C=O) groups is 1. The molecule has 226 valence electrons. The van der Waals surface area contributed by atoms with Crippen LogP contribution in [0.5, 0.6) is 0 Å². The summed E-state index contributed by atoms with van der Waals surface area (Å²) in [4.78, 5) is 15.1. The van der Waals surface area contributed by atoms with Crippen LogP contribution in [0.4, 0.5) is 18.9 Å². The van der Waals surface area contributed by atoms with Gasteiger partial charge in [-0.1, -0.05) is 48.9 Å². The Labute approximate surface area is 244 Å². The van der Waals surface area contributed by atoms with E-state index in [0.717, 1.165) is 11.1 Å². The van der Waals surface area contributed by atoms with Gasteiger partial charge in [0, 0.05) is 23.7 Å². The summed E-state index contributed by atoms with van der Waals surface area (Å²) in [6.07, 6.45) is -3.33. The molecule has 2 N–H and O–H groups in total. The SMILES string of the molecule is CCS(=O)(=O)c1ccc([C@H](CO)NC(=O)c2ccc(N3CC(c4ccc(C)cc4)C[C@H]3COC(F)(F)CF)cc2)cc1. The van der Waals surface area contributed by atoms with Gasteiger partial charge in [-0.3, -0.25) is 4.79 Å². The minimum absolute atomic E-state index is 0.0373. The van der Waals surface area contributed by atoms with Gasteiger partial charge in [-0.15, -0.1) is 0 Å². The maximum absolute atomic E-state index is 13.6. The van der Waals surface area contributed by atoms with Crippen molar-refractivity contribution in [3.8, 4) is 0 Å². The first-order chi connectivity index (χ1) is 20.0. The molecule has 0 aromatic heterocycles. The fourth-order valence-corrected chi connectivity index (χ4v) is 5.97. The van der Waals surface area contributed by atoms with Crippen LogP contribution in [-0.4, -0.2) is 63.8 Å². The summed E-state index contributed by atoms with van der Waals surface area (Å²) in [5, 5.41) is 12.7. The summed E-state index contributed by atoms with van der Waals surface area (Å²) in [7, 11) is -3.38. The third-order valence-electron chi connectivity index (χ3n) is 7.58. The van der Waals surface area contributed by atoms with E-state index in [2.05, 4.69) is 10.1 Å². The van der Waals surface area contributed by atoms with Gasteiger partial charge in [0.15, 0.2) is 16.5 Å². The minimum Gasteiger partial charge on any atom is -0.394 e. The number of anilines is 1. The van der Waals surface area contributed by atoms with Gasteiger partial charge in [0.05, 0.1) is 35.9 Å². The average Bonchev–Trinajstić information content (AvgIpc) is 3.43. The molecule has 0 spiro atoms. The second kappa shape index (κ2) is 13.3. The van der Waals surface area contributed by atoms with E-state index in [9.17, 15) is 31.5 Å². The van der Waals surface area contributed by atoms with E-state index in [1.807, 2.05) is 36.1 Å². The molecule has 0 aliphatic carbocycles. The third-order valence-corrected chi connectivity index (χ3v) is 9.33. The Morgan fingerprint density at radius 3 is 2.29 bits per heavy atom. The zero-order valence-corrected chi connectivity index (χ0v) is 24.3. The monoisotopic (exact) mass is 604 g/mol. The molecule has 4 rings (SSSR count). The number of carbonyl (C=O) groups excluding carboxylic acids is 1. The minimum atomic E-state index is -3.86. The van der Waals surface area contributed by atoms with Crippen LogP contribution in [-0.2, 0) is 14.6 Å². The van der Waals surface area contributed by atoms with Crippen molar-refractivity contribution in [2.75, 3.05) is 37.1 Å². The smallest absolute Gasteiger partial charge is 0.384 e. The molecule has 1 saturated heterocycles. The Morgan fingerprint density at radius 1 is 1.07 bits per heavy atom. The van der Waals surface area contributed by atoms with Crippen molar-refractivity contribution < 1.29 is 36.2 Å².